The summed E-state index contributed by atoms with van der Waals surface area (Å²) in [6.45, 7) is 1.10. The lowest BCUT2D eigenvalue weighted by Crippen LogP contribution is -2.26. The van der Waals surface area contributed by atoms with Gasteiger partial charge in [0.25, 0.3) is 11.2 Å². The number of hydrogen-bond donors (Lipinski definition) is 0. The van der Waals surface area contributed by atoms with Gasteiger partial charge in [-0.1, -0.05) is 0 Å². The monoisotopic (exact) mass is 367 g/mol. The summed E-state index contributed by atoms with van der Waals surface area (Å²) < 4.78 is 12.2. The molecule has 1 aliphatic heterocycles. The van der Waals surface area contributed by atoms with Crippen molar-refractivity contribution in [1.29, 1.82) is 0 Å². The van der Waals surface area contributed by atoms with Crippen molar-refractivity contribution >= 4 is 16.6 Å². The second-order valence-corrected chi connectivity index (χ2v) is 6.33. The minimum Gasteiger partial charge on any atom is -0.497 e. The molecule has 0 radical (unpaired) electrons. The summed E-state index contributed by atoms with van der Waals surface area (Å²) in [6, 6.07) is 11.2. The van der Waals surface area contributed by atoms with Crippen LogP contribution < -0.4 is 10.3 Å². The minimum absolute atomic E-state index is 0.0145. The first-order valence-electron chi connectivity index (χ1n) is 8.52. The zero-order valence-electron chi connectivity index (χ0n) is 14.6. The molecule has 3 aromatic rings. The standard InChI is InChI=1S/C19H17N3O5/c1-26-15-5-2-13(3-6-15)21-18(12-8-9-27-11-12)20-17-7-4-14(22(24)25)10-16(17)19(21)23/h2-7,10,12H,8-9,11H2,1H3. The van der Waals surface area contributed by atoms with Crippen molar-refractivity contribution in [3.63, 3.8) is 0 Å². The smallest absolute Gasteiger partial charge is 0.270 e. The second-order valence-electron chi connectivity index (χ2n) is 6.33. The number of non-ortho nitro benzene ring substituents is 1. The third kappa shape index (κ3) is 3.04. The van der Waals surface area contributed by atoms with Crippen LogP contribution in [0, 0.1) is 10.1 Å². The van der Waals surface area contributed by atoms with Crippen molar-refractivity contribution in [3.05, 3.63) is 68.8 Å². The van der Waals surface area contributed by atoms with Crippen LogP contribution >= 0.6 is 0 Å². The molecule has 2 aromatic carbocycles. The molecule has 0 spiro atoms. The molecule has 8 nitrogen and oxygen atoms in total. The van der Waals surface area contributed by atoms with Gasteiger partial charge >= 0.3 is 0 Å². The van der Waals surface area contributed by atoms with Crippen LogP contribution in [0.5, 0.6) is 5.75 Å². The highest BCUT2D eigenvalue weighted by Crippen LogP contribution is 2.27. The number of nitro benzene ring substituents is 1. The maximum atomic E-state index is 13.3. The number of hydrogen-bond acceptors (Lipinski definition) is 6. The Bertz CT molecular complexity index is 1070. The van der Waals surface area contributed by atoms with Crippen molar-refractivity contribution in [2.45, 2.75) is 12.3 Å². The number of methoxy groups -OCH3 is 1. The van der Waals surface area contributed by atoms with E-state index in [-0.39, 0.29) is 22.6 Å². The van der Waals surface area contributed by atoms with Gasteiger partial charge in [0.1, 0.15) is 11.6 Å². The molecular weight excluding hydrogens is 350 g/mol. The molecule has 1 atom stereocenters. The summed E-state index contributed by atoms with van der Waals surface area (Å²) in [5, 5.41) is 11.3. The number of benzene rings is 2. The molecule has 4 rings (SSSR count). The fourth-order valence-corrected chi connectivity index (χ4v) is 3.30. The Morgan fingerprint density at radius 2 is 2.04 bits per heavy atom. The Balaban J connectivity index is 1.99. The van der Waals surface area contributed by atoms with Gasteiger partial charge in [0.2, 0.25) is 0 Å². The molecule has 1 saturated heterocycles. The topological polar surface area (TPSA) is 96.5 Å². The molecule has 0 saturated carbocycles. The Hall–Kier alpha value is -3.26. The van der Waals surface area contributed by atoms with E-state index >= 15 is 0 Å². The Labute approximate surface area is 154 Å². The first-order valence-corrected chi connectivity index (χ1v) is 8.52. The molecule has 0 N–H and O–H groups in total. The van der Waals surface area contributed by atoms with Crippen LogP contribution in [0.4, 0.5) is 5.69 Å². The lowest BCUT2D eigenvalue weighted by atomic mass is 10.1. The van der Waals surface area contributed by atoms with Crippen molar-refractivity contribution in [2.75, 3.05) is 20.3 Å². The van der Waals surface area contributed by atoms with Crippen LogP contribution in [0.15, 0.2) is 47.3 Å². The highest BCUT2D eigenvalue weighted by atomic mass is 16.6. The fourth-order valence-electron chi connectivity index (χ4n) is 3.30. The van der Waals surface area contributed by atoms with Gasteiger partial charge in [0.05, 0.1) is 35.2 Å². The van der Waals surface area contributed by atoms with E-state index in [0.29, 0.717) is 36.0 Å². The lowest BCUT2D eigenvalue weighted by Gasteiger charge is -2.17. The third-order valence-electron chi connectivity index (χ3n) is 4.71. The number of rotatable bonds is 4. The van der Waals surface area contributed by atoms with E-state index in [9.17, 15) is 14.9 Å². The van der Waals surface area contributed by atoms with E-state index in [0.717, 1.165) is 6.42 Å². The predicted octanol–water partition coefficient (Wildman–Crippen LogP) is 2.81. The summed E-state index contributed by atoms with van der Waals surface area (Å²) in [6.07, 6.45) is 0.765. The first kappa shape index (κ1) is 17.2. The molecule has 27 heavy (non-hydrogen) atoms. The molecule has 0 bridgehead atoms. The molecule has 1 fully saturated rings. The van der Waals surface area contributed by atoms with Crippen molar-refractivity contribution in [3.8, 4) is 11.4 Å². The first-order chi connectivity index (χ1) is 13.1. The highest BCUT2D eigenvalue weighted by Gasteiger charge is 2.25. The van der Waals surface area contributed by atoms with Crippen LogP contribution in [0.3, 0.4) is 0 Å². The highest BCUT2D eigenvalue weighted by molar-refractivity contribution is 5.80. The zero-order valence-corrected chi connectivity index (χ0v) is 14.6. The van der Waals surface area contributed by atoms with Crippen LogP contribution in [-0.2, 0) is 4.74 Å². The summed E-state index contributed by atoms with van der Waals surface area (Å²) in [4.78, 5) is 28.5. The van der Waals surface area contributed by atoms with Gasteiger partial charge in [-0.05, 0) is 36.8 Å². The van der Waals surface area contributed by atoms with Gasteiger partial charge in [0.15, 0.2) is 0 Å². The van der Waals surface area contributed by atoms with E-state index in [1.807, 2.05) is 0 Å². The lowest BCUT2D eigenvalue weighted by molar-refractivity contribution is -0.384. The molecule has 1 aliphatic rings. The van der Waals surface area contributed by atoms with E-state index in [2.05, 4.69) is 4.98 Å². The van der Waals surface area contributed by atoms with Crippen molar-refractivity contribution < 1.29 is 14.4 Å². The quantitative estimate of drug-likeness (QED) is 0.520. The Morgan fingerprint density at radius 1 is 1.26 bits per heavy atom. The predicted molar refractivity (Wildman–Crippen MR) is 98.7 cm³/mol. The molecular formula is C19H17N3O5. The maximum Gasteiger partial charge on any atom is 0.270 e. The molecule has 8 heteroatoms. The largest absolute Gasteiger partial charge is 0.497 e. The number of nitro groups is 1. The molecule has 2 heterocycles. The Morgan fingerprint density at radius 3 is 2.67 bits per heavy atom. The number of fused-ring (bicyclic) bond motifs is 1. The summed E-state index contributed by atoms with van der Waals surface area (Å²) in [5.41, 5.74) is 0.594. The molecule has 0 amide bonds. The van der Waals surface area contributed by atoms with Crippen LogP contribution in [0.1, 0.15) is 18.2 Å². The van der Waals surface area contributed by atoms with Crippen molar-refractivity contribution in [2.24, 2.45) is 0 Å². The van der Waals surface area contributed by atoms with E-state index in [1.165, 1.54) is 22.8 Å². The molecule has 138 valence electrons. The van der Waals surface area contributed by atoms with Gasteiger partial charge in [-0.2, -0.15) is 0 Å². The van der Waals surface area contributed by atoms with Crippen LogP contribution in [0.2, 0.25) is 0 Å². The van der Waals surface area contributed by atoms with E-state index in [1.54, 1.807) is 31.4 Å². The Kier molecular flexibility index (Phi) is 4.33. The zero-order chi connectivity index (χ0) is 19.0. The normalized spacial score (nSPS) is 16.6. The van der Waals surface area contributed by atoms with Gasteiger partial charge in [-0.3, -0.25) is 19.5 Å². The van der Waals surface area contributed by atoms with Gasteiger partial charge < -0.3 is 9.47 Å². The SMILES string of the molecule is COc1ccc(-n2c(C3CCOC3)nc3ccc([N+](=O)[O-])cc3c2=O)cc1. The number of nitrogens with zero attached hydrogens (tertiary/aromatic N) is 3. The van der Waals surface area contributed by atoms with Crippen LogP contribution in [-0.4, -0.2) is 34.8 Å². The second kappa shape index (κ2) is 6.81. The number of aromatic nitrogens is 2. The average molecular weight is 367 g/mol. The minimum atomic E-state index is -0.519. The average Bonchev–Trinajstić information content (AvgIpc) is 3.22. The van der Waals surface area contributed by atoms with Gasteiger partial charge in [0, 0.05) is 24.7 Å². The van der Waals surface area contributed by atoms with Gasteiger partial charge in [-0.25, -0.2) is 4.98 Å². The summed E-state index contributed by atoms with van der Waals surface area (Å²) in [7, 11) is 1.57. The summed E-state index contributed by atoms with van der Waals surface area (Å²) in [5.74, 6) is 1.25. The summed E-state index contributed by atoms with van der Waals surface area (Å²) >= 11 is 0. The van der Waals surface area contributed by atoms with E-state index in [4.69, 9.17) is 9.47 Å². The number of ether oxygens (including phenoxy) is 2. The van der Waals surface area contributed by atoms with Crippen molar-refractivity contribution in [1.82, 2.24) is 9.55 Å². The maximum absolute atomic E-state index is 13.3. The fraction of sp³-hybridized carbons (Fsp3) is 0.263. The van der Waals surface area contributed by atoms with Crippen LogP contribution in [0.25, 0.3) is 16.6 Å². The third-order valence-corrected chi connectivity index (χ3v) is 4.71. The van der Waals surface area contributed by atoms with E-state index < -0.39 is 4.92 Å². The molecule has 0 aliphatic carbocycles. The van der Waals surface area contributed by atoms with Gasteiger partial charge in [-0.15, -0.1) is 0 Å². The molecule has 1 aromatic heterocycles. The molecule has 1 unspecified atom stereocenters.